The van der Waals surface area contributed by atoms with E-state index in [9.17, 15) is 19.8 Å². The molecule has 0 aromatic carbocycles. The number of ether oxygens (including phenoxy) is 1. The number of hydrogen-bond acceptors (Lipinski definition) is 5. The fraction of sp³-hybridized carbons (Fsp3) is 0.893. The molecule has 6 nitrogen and oxygen atoms in total. The van der Waals surface area contributed by atoms with Crippen molar-refractivity contribution < 1.29 is 24.5 Å². The largest absolute Gasteiger partial charge is 0.466 e. The summed E-state index contributed by atoms with van der Waals surface area (Å²) in [7, 11) is 0. The molecule has 2 atom stereocenters. The molecule has 0 heterocycles. The third-order valence-corrected chi connectivity index (χ3v) is 12.7. The summed E-state index contributed by atoms with van der Waals surface area (Å²) in [5.74, 6) is -0.0658. The highest BCUT2D eigenvalue weighted by molar-refractivity contribution is 5.76. The smallest absolute Gasteiger partial charge is 0.305 e. The average molecular weight is 874 g/mol. The van der Waals surface area contributed by atoms with Gasteiger partial charge < -0.3 is 20.3 Å². The molecule has 0 aromatic rings. The van der Waals surface area contributed by atoms with Crippen molar-refractivity contribution in [2.75, 3.05) is 13.2 Å². The van der Waals surface area contributed by atoms with Gasteiger partial charge in [0.05, 0.1) is 25.4 Å². The van der Waals surface area contributed by atoms with E-state index in [0.29, 0.717) is 19.4 Å². The fourth-order valence-electron chi connectivity index (χ4n) is 8.45. The summed E-state index contributed by atoms with van der Waals surface area (Å²) in [6.45, 7) is 4.86. The van der Waals surface area contributed by atoms with E-state index < -0.39 is 12.1 Å². The Morgan fingerprint density at radius 2 is 0.758 bits per heavy atom. The quantitative estimate of drug-likeness (QED) is 0.0321. The predicted octanol–water partition coefficient (Wildman–Crippen LogP) is 16.7. The minimum atomic E-state index is -0.841. The summed E-state index contributed by atoms with van der Waals surface area (Å²) in [5, 5.41) is 23.0. The number of carbonyl (C=O) groups is 2. The van der Waals surface area contributed by atoms with Crippen molar-refractivity contribution in [2.24, 2.45) is 0 Å². The van der Waals surface area contributed by atoms with E-state index in [1.54, 1.807) is 6.08 Å². The third kappa shape index (κ3) is 47.8. The molecular weight excluding hydrogens is 767 g/mol. The number of allylic oxidation sites excluding steroid dienone is 3. The summed E-state index contributed by atoms with van der Waals surface area (Å²) in [6.07, 6.45) is 62.0. The van der Waals surface area contributed by atoms with E-state index in [-0.39, 0.29) is 18.5 Å². The Morgan fingerprint density at radius 3 is 1.18 bits per heavy atom. The Balaban J connectivity index is 3.37. The van der Waals surface area contributed by atoms with Crippen molar-refractivity contribution in [2.45, 2.75) is 309 Å². The molecule has 0 spiro atoms. The Hall–Kier alpha value is -1.66. The summed E-state index contributed by atoms with van der Waals surface area (Å²) in [6, 6.07) is -0.625. The van der Waals surface area contributed by atoms with Crippen LogP contribution in [0.25, 0.3) is 0 Å². The monoisotopic (exact) mass is 874 g/mol. The van der Waals surface area contributed by atoms with Gasteiger partial charge in [-0.2, -0.15) is 0 Å². The molecule has 1 amide bonds. The number of carbonyl (C=O) groups excluding carboxylic acids is 2. The summed E-state index contributed by atoms with van der Waals surface area (Å²) >= 11 is 0. The molecular formula is C56H107NO5. The van der Waals surface area contributed by atoms with E-state index in [2.05, 4.69) is 31.3 Å². The number of hydrogen-bond donors (Lipinski definition) is 3. The summed E-state index contributed by atoms with van der Waals surface area (Å²) in [4.78, 5) is 24.4. The molecule has 0 aromatic heterocycles. The van der Waals surface area contributed by atoms with Crippen molar-refractivity contribution in [3.63, 3.8) is 0 Å². The van der Waals surface area contributed by atoms with Crippen molar-refractivity contribution in [3.05, 3.63) is 24.3 Å². The minimum absolute atomic E-state index is 0.00344. The minimum Gasteiger partial charge on any atom is -0.466 e. The molecule has 0 rings (SSSR count). The molecule has 3 N–H and O–H groups in total. The molecule has 0 saturated heterocycles. The Bertz CT molecular complexity index is 966. The van der Waals surface area contributed by atoms with Crippen LogP contribution in [0.3, 0.4) is 0 Å². The van der Waals surface area contributed by atoms with Crippen LogP contribution in [0.4, 0.5) is 0 Å². The Morgan fingerprint density at radius 1 is 0.435 bits per heavy atom. The Labute approximate surface area is 386 Å². The second-order valence-corrected chi connectivity index (χ2v) is 18.9. The molecule has 0 aliphatic carbocycles. The maximum atomic E-state index is 12.4. The first-order valence-electron chi connectivity index (χ1n) is 27.6. The number of esters is 1. The van der Waals surface area contributed by atoms with Crippen LogP contribution in [-0.2, 0) is 14.3 Å². The van der Waals surface area contributed by atoms with Crippen molar-refractivity contribution in [1.82, 2.24) is 5.32 Å². The lowest BCUT2D eigenvalue weighted by Gasteiger charge is -2.20. The van der Waals surface area contributed by atoms with E-state index in [1.807, 2.05) is 6.08 Å². The molecule has 0 radical (unpaired) electrons. The molecule has 6 heteroatoms. The lowest BCUT2D eigenvalue weighted by molar-refractivity contribution is -0.143. The fourth-order valence-corrected chi connectivity index (χ4v) is 8.45. The van der Waals surface area contributed by atoms with Crippen LogP contribution in [0.1, 0.15) is 296 Å². The topological polar surface area (TPSA) is 95.9 Å². The summed E-state index contributed by atoms with van der Waals surface area (Å²) < 4.78 is 5.46. The molecule has 62 heavy (non-hydrogen) atoms. The normalized spacial score (nSPS) is 12.8. The highest BCUT2D eigenvalue weighted by Gasteiger charge is 2.18. The molecule has 0 aliphatic heterocycles. The molecule has 366 valence electrons. The standard InChI is InChI=1S/C56H107NO5/c1-3-5-7-9-11-13-15-30-34-38-42-46-50-56(61)62-51-47-43-39-35-31-28-26-24-22-20-18-16-17-19-21-23-25-27-29-33-37-41-45-49-55(60)57-53(52-58)54(59)48-44-40-36-32-14-12-10-8-6-4-2/h11,13,44,48,53-54,58-59H,3-10,12,14-43,45-47,49-52H2,1-2H3,(H,57,60)/b13-11-,48-44+. The first kappa shape index (κ1) is 60.3. The molecule has 0 saturated carbocycles. The van der Waals surface area contributed by atoms with E-state index in [4.69, 9.17) is 4.74 Å². The number of amides is 1. The average Bonchev–Trinajstić information content (AvgIpc) is 3.27. The third-order valence-electron chi connectivity index (χ3n) is 12.7. The van der Waals surface area contributed by atoms with Crippen LogP contribution in [0, 0.1) is 0 Å². The van der Waals surface area contributed by atoms with Crippen molar-refractivity contribution in [3.8, 4) is 0 Å². The van der Waals surface area contributed by atoms with Crippen LogP contribution in [0.5, 0.6) is 0 Å². The van der Waals surface area contributed by atoms with Gasteiger partial charge in [0.1, 0.15) is 0 Å². The maximum absolute atomic E-state index is 12.4. The van der Waals surface area contributed by atoms with E-state index in [1.165, 1.54) is 225 Å². The zero-order chi connectivity index (χ0) is 45.1. The zero-order valence-corrected chi connectivity index (χ0v) is 41.6. The molecule has 0 bridgehead atoms. The van der Waals surface area contributed by atoms with Crippen LogP contribution < -0.4 is 5.32 Å². The van der Waals surface area contributed by atoms with Gasteiger partial charge in [-0.15, -0.1) is 0 Å². The molecule has 2 unspecified atom stereocenters. The first-order valence-corrected chi connectivity index (χ1v) is 27.6. The highest BCUT2D eigenvalue weighted by atomic mass is 16.5. The predicted molar refractivity (Wildman–Crippen MR) is 269 cm³/mol. The summed E-state index contributed by atoms with van der Waals surface area (Å²) in [5.41, 5.74) is 0. The van der Waals surface area contributed by atoms with Crippen LogP contribution in [0.15, 0.2) is 24.3 Å². The van der Waals surface area contributed by atoms with Gasteiger partial charge in [-0.1, -0.05) is 250 Å². The zero-order valence-electron chi connectivity index (χ0n) is 41.6. The number of aliphatic hydroxyl groups excluding tert-OH is 2. The molecule has 0 fully saturated rings. The van der Waals surface area contributed by atoms with Gasteiger partial charge in [-0.3, -0.25) is 9.59 Å². The lowest BCUT2D eigenvalue weighted by Crippen LogP contribution is -2.45. The van der Waals surface area contributed by atoms with Crippen LogP contribution in [-0.4, -0.2) is 47.4 Å². The Kier molecular flexibility index (Phi) is 50.6. The van der Waals surface area contributed by atoms with Gasteiger partial charge in [0.25, 0.3) is 0 Å². The van der Waals surface area contributed by atoms with Gasteiger partial charge in [-0.05, 0) is 57.8 Å². The van der Waals surface area contributed by atoms with Gasteiger partial charge >= 0.3 is 5.97 Å². The molecule has 0 aliphatic rings. The second kappa shape index (κ2) is 52.0. The number of nitrogens with one attached hydrogen (secondary N) is 1. The first-order chi connectivity index (χ1) is 30.5. The van der Waals surface area contributed by atoms with Crippen LogP contribution >= 0.6 is 0 Å². The van der Waals surface area contributed by atoms with Gasteiger partial charge in [0.2, 0.25) is 5.91 Å². The van der Waals surface area contributed by atoms with Gasteiger partial charge in [0.15, 0.2) is 0 Å². The number of aliphatic hydroxyl groups is 2. The lowest BCUT2D eigenvalue weighted by atomic mass is 10.0. The van der Waals surface area contributed by atoms with Crippen LogP contribution in [0.2, 0.25) is 0 Å². The SMILES string of the molecule is CCCCC/C=C\CCCCCCCC(=O)OCCCCCCCCCCCCCCCCCCCCCCCCCC(=O)NC(CO)C(O)/C=C/CCCCCCCCCC. The highest BCUT2D eigenvalue weighted by Crippen LogP contribution is 2.17. The maximum Gasteiger partial charge on any atom is 0.305 e. The van der Waals surface area contributed by atoms with Gasteiger partial charge in [0, 0.05) is 12.8 Å². The number of rotatable bonds is 51. The van der Waals surface area contributed by atoms with E-state index in [0.717, 1.165) is 44.9 Å². The van der Waals surface area contributed by atoms with Crippen molar-refractivity contribution in [1.29, 1.82) is 0 Å². The van der Waals surface area contributed by atoms with Crippen molar-refractivity contribution >= 4 is 11.9 Å². The second-order valence-electron chi connectivity index (χ2n) is 18.9. The number of unbranched alkanes of at least 4 members (excludes halogenated alkanes) is 38. The van der Waals surface area contributed by atoms with Gasteiger partial charge in [-0.25, -0.2) is 0 Å². The van der Waals surface area contributed by atoms with E-state index >= 15 is 0 Å².